The van der Waals surface area contributed by atoms with Crippen LogP contribution in [0.2, 0.25) is 0 Å². The normalized spacial score (nSPS) is 16.0. The Morgan fingerprint density at radius 1 is 1.47 bits per heavy atom. The molecule has 1 saturated carbocycles. The van der Waals surface area contributed by atoms with Gasteiger partial charge in [-0.25, -0.2) is 4.98 Å². The third-order valence-electron chi connectivity index (χ3n) is 3.46. The molecule has 4 nitrogen and oxygen atoms in total. The maximum Gasteiger partial charge on any atom is 0.309 e. The molecule has 2 heterocycles. The molecule has 0 amide bonds. The molecule has 0 spiro atoms. The lowest BCUT2D eigenvalue weighted by molar-refractivity contribution is -0.136. The smallest absolute Gasteiger partial charge is 0.309 e. The van der Waals surface area contributed by atoms with Gasteiger partial charge in [-0.2, -0.15) is 0 Å². The fraction of sp³-hybridized carbons (Fsp3) is 0.385. The van der Waals surface area contributed by atoms with E-state index in [1.807, 2.05) is 28.8 Å². The molecule has 88 valence electrons. The fourth-order valence-corrected chi connectivity index (χ4v) is 2.39. The summed E-state index contributed by atoms with van der Waals surface area (Å²) in [7, 11) is 0. The van der Waals surface area contributed by atoms with E-state index in [1.54, 1.807) is 0 Å². The van der Waals surface area contributed by atoms with Crippen molar-refractivity contribution < 1.29 is 9.90 Å². The highest BCUT2D eigenvalue weighted by Crippen LogP contribution is 2.36. The Kier molecular flexibility index (Phi) is 2.35. The van der Waals surface area contributed by atoms with Crippen LogP contribution < -0.4 is 0 Å². The number of carboxylic acid groups (broad SMARTS) is 1. The van der Waals surface area contributed by atoms with Gasteiger partial charge in [-0.1, -0.05) is 12.5 Å². The van der Waals surface area contributed by atoms with Gasteiger partial charge in [0.25, 0.3) is 0 Å². The predicted molar refractivity (Wildman–Crippen MR) is 63.1 cm³/mol. The number of fused-ring (bicyclic) bond motifs is 1. The Labute approximate surface area is 98.9 Å². The van der Waals surface area contributed by atoms with Crippen LogP contribution in [0.25, 0.3) is 5.52 Å². The first kappa shape index (κ1) is 10.3. The van der Waals surface area contributed by atoms with E-state index < -0.39 is 5.97 Å². The highest BCUT2D eigenvalue weighted by atomic mass is 16.4. The Hall–Kier alpha value is -1.84. The van der Waals surface area contributed by atoms with Crippen molar-refractivity contribution in [2.75, 3.05) is 0 Å². The molecule has 1 aliphatic carbocycles. The zero-order valence-corrected chi connectivity index (χ0v) is 9.47. The van der Waals surface area contributed by atoms with Crippen molar-refractivity contribution >= 4 is 11.5 Å². The van der Waals surface area contributed by atoms with E-state index in [2.05, 4.69) is 4.98 Å². The summed E-state index contributed by atoms with van der Waals surface area (Å²) in [4.78, 5) is 15.3. The van der Waals surface area contributed by atoms with Crippen LogP contribution in [0.4, 0.5) is 0 Å². The zero-order chi connectivity index (χ0) is 11.8. The van der Waals surface area contributed by atoms with Crippen LogP contribution in [0.3, 0.4) is 0 Å². The zero-order valence-electron chi connectivity index (χ0n) is 9.47. The molecule has 3 rings (SSSR count). The molecule has 0 aliphatic heterocycles. The second-order valence-electron chi connectivity index (χ2n) is 4.59. The van der Waals surface area contributed by atoms with Crippen molar-refractivity contribution in [2.45, 2.75) is 31.6 Å². The molecular formula is C13H14N2O2. The van der Waals surface area contributed by atoms with Gasteiger partial charge < -0.3 is 5.11 Å². The van der Waals surface area contributed by atoms with Crippen LogP contribution in [0.15, 0.2) is 24.4 Å². The third-order valence-corrected chi connectivity index (χ3v) is 3.46. The Bertz CT molecular complexity index is 570. The topological polar surface area (TPSA) is 54.6 Å². The summed E-state index contributed by atoms with van der Waals surface area (Å²) in [5.74, 6) is 0.737. The molecule has 0 aromatic carbocycles. The molecule has 4 heteroatoms. The lowest BCUT2D eigenvalue weighted by atomic mass is 9.85. The quantitative estimate of drug-likeness (QED) is 0.879. The van der Waals surface area contributed by atoms with Crippen molar-refractivity contribution in [3.05, 3.63) is 35.9 Å². The van der Waals surface area contributed by atoms with Gasteiger partial charge in [-0.05, 0) is 25.0 Å². The second-order valence-corrected chi connectivity index (χ2v) is 4.59. The highest BCUT2D eigenvalue weighted by Gasteiger charge is 2.24. The van der Waals surface area contributed by atoms with E-state index in [9.17, 15) is 4.79 Å². The summed E-state index contributed by atoms with van der Waals surface area (Å²) in [6, 6.07) is 5.73. The maximum absolute atomic E-state index is 10.9. The van der Waals surface area contributed by atoms with Crippen molar-refractivity contribution in [3.8, 4) is 0 Å². The summed E-state index contributed by atoms with van der Waals surface area (Å²) in [5, 5.41) is 8.93. The molecule has 1 N–H and O–H groups in total. The number of aromatic nitrogens is 2. The van der Waals surface area contributed by atoms with Crippen LogP contribution in [-0.2, 0) is 11.2 Å². The SMILES string of the molecule is O=C(O)Cc1cccc2cnc(C3CCC3)n12. The van der Waals surface area contributed by atoms with Crippen LogP contribution in [0.5, 0.6) is 0 Å². The molecule has 1 fully saturated rings. The molecular weight excluding hydrogens is 216 g/mol. The van der Waals surface area contributed by atoms with Crippen LogP contribution in [-0.4, -0.2) is 20.5 Å². The molecule has 0 bridgehead atoms. The number of carbonyl (C=O) groups is 1. The van der Waals surface area contributed by atoms with Crippen molar-refractivity contribution in [3.63, 3.8) is 0 Å². The van der Waals surface area contributed by atoms with Gasteiger partial charge in [-0.3, -0.25) is 9.20 Å². The van der Waals surface area contributed by atoms with Gasteiger partial charge in [0, 0.05) is 11.6 Å². The molecule has 0 atom stereocenters. The van der Waals surface area contributed by atoms with Gasteiger partial charge in [-0.15, -0.1) is 0 Å². The Morgan fingerprint density at radius 2 is 2.29 bits per heavy atom. The Balaban J connectivity index is 2.13. The number of hydrogen-bond donors (Lipinski definition) is 1. The van der Waals surface area contributed by atoms with E-state index in [0.717, 1.165) is 17.0 Å². The monoisotopic (exact) mass is 230 g/mol. The third kappa shape index (κ3) is 1.69. The molecule has 0 unspecified atom stereocenters. The van der Waals surface area contributed by atoms with E-state index in [1.165, 1.54) is 19.3 Å². The fourth-order valence-electron chi connectivity index (χ4n) is 2.39. The molecule has 17 heavy (non-hydrogen) atoms. The Morgan fingerprint density at radius 3 is 2.94 bits per heavy atom. The van der Waals surface area contributed by atoms with Crippen LogP contribution in [0.1, 0.15) is 36.7 Å². The first-order valence-electron chi connectivity index (χ1n) is 5.93. The lowest BCUT2D eigenvalue weighted by Crippen LogP contribution is -2.15. The number of carboxylic acids is 1. The number of hydrogen-bond acceptors (Lipinski definition) is 2. The minimum Gasteiger partial charge on any atom is -0.481 e. The molecule has 1 aliphatic rings. The van der Waals surface area contributed by atoms with Crippen LogP contribution >= 0.6 is 0 Å². The van der Waals surface area contributed by atoms with Crippen molar-refractivity contribution in [1.29, 1.82) is 0 Å². The van der Waals surface area contributed by atoms with Gasteiger partial charge in [0.2, 0.25) is 0 Å². The minimum absolute atomic E-state index is 0.0490. The molecule has 0 saturated heterocycles. The van der Waals surface area contributed by atoms with Gasteiger partial charge in [0.05, 0.1) is 18.1 Å². The summed E-state index contributed by atoms with van der Waals surface area (Å²) < 4.78 is 2.01. The number of imidazole rings is 1. The van der Waals surface area contributed by atoms with Gasteiger partial charge in [0.1, 0.15) is 5.82 Å². The molecule has 2 aromatic rings. The number of rotatable bonds is 3. The predicted octanol–water partition coefficient (Wildman–Crippen LogP) is 2.23. The van der Waals surface area contributed by atoms with Crippen molar-refractivity contribution in [1.82, 2.24) is 9.38 Å². The maximum atomic E-state index is 10.9. The number of pyridine rings is 1. The molecule has 0 radical (unpaired) electrons. The first-order chi connectivity index (χ1) is 8.25. The first-order valence-corrected chi connectivity index (χ1v) is 5.93. The summed E-state index contributed by atoms with van der Waals surface area (Å²) in [6.07, 6.45) is 5.47. The average molecular weight is 230 g/mol. The lowest BCUT2D eigenvalue weighted by Gasteiger charge is -2.24. The highest BCUT2D eigenvalue weighted by molar-refractivity contribution is 5.70. The number of aliphatic carboxylic acids is 1. The summed E-state index contributed by atoms with van der Waals surface area (Å²) in [5.41, 5.74) is 1.81. The van der Waals surface area contributed by atoms with E-state index in [-0.39, 0.29) is 6.42 Å². The number of nitrogens with zero attached hydrogens (tertiary/aromatic N) is 2. The van der Waals surface area contributed by atoms with E-state index in [4.69, 9.17) is 5.11 Å². The second kappa shape index (κ2) is 3.87. The molecule has 2 aromatic heterocycles. The standard InChI is InChI=1S/C13H14N2O2/c16-12(17)7-10-5-2-6-11-8-14-13(15(10)11)9-3-1-4-9/h2,5-6,8-9H,1,3-4,7H2,(H,16,17). The van der Waals surface area contributed by atoms with E-state index in [0.29, 0.717) is 5.92 Å². The van der Waals surface area contributed by atoms with Gasteiger partial charge in [0.15, 0.2) is 0 Å². The van der Waals surface area contributed by atoms with Crippen LogP contribution in [0, 0.1) is 0 Å². The summed E-state index contributed by atoms with van der Waals surface area (Å²) in [6.45, 7) is 0. The average Bonchev–Trinajstić information content (AvgIpc) is 2.60. The minimum atomic E-state index is -0.800. The van der Waals surface area contributed by atoms with Crippen molar-refractivity contribution in [2.24, 2.45) is 0 Å². The largest absolute Gasteiger partial charge is 0.481 e. The summed E-state index contributed by atoms with van der Waals surface area (Å²) >= 11 is 0. The van der Waals surface area contributed by atoms with Gasteiger partial charge >= 0.3 is 5.97 Å². The van der Waals surface area contributed by atoms with E-state index >= 15 is 0 Å².